The number of benzene rings is 1. The highest BCUT2D eigenvalue weighted by atomic mass is 16.5. The number of amides is 1. The lowest BCUT2D eigenvalue weighted by atomic mass is 9.93. The second-order valence-corrected chi connectivity index (χ2v) is 4.65. The first-order valence-corrected chi connectivity index (χ1v) is 6.41. The Bertz CT molecular complexity index is 426. The maximum Gasteiger partial charge on any atom is 0.244 e. The van der Waals surface area contributed by atoms with Gasteiger partial charge in [0, 0.05) is 11.8 Å². The zero-order valence-electron chi connectivity index (χ0n) is 11.0. The van der Waals surface area contributed by atoms with E-state index in [4.69, 9.17) is 4.74 Å². The molecule has 2 N–H and O–H groups in total. The maximum atomic E-state index is 12.4. The van der Waals surface area contributed by atoms with Gasteiger partial charge in [-0.05, 0) is 37.9 Å². The van der Waals surface area contributed by atoms with Crippen molar-refractivity contribution in [1.82, 2.24) is 5.32 Å². The monoisotopic (exact) mass is 248 g/mol. The molecule has 98 valence electrons. The molecule has 1 saturated heterocycles. The van der Waals surface area contributed by atoms with Crippen LogP contribution in [0.3, 0.4) is 0 Å². The Kier molecular flexibility index (Phi) is 3.87. The van der Waals surface area contributed by atoms with Crippen molar-refractivity contribution in [2.45, 2.75) is 31.7 Å². The average molecular weight is 248 g/mol. The Morgan fingerprint density at radius 2 is 2.39 bits per heavy atom. The van der Waals surface area contributed by atoms with Crippen LogP contribution in [0.1, 0.15) is 26.2 Å². The molecule has 4 nitrogen and oxygen atoms in total. The van der Waals surface area contributed by atoms with Crippen molar-refractivity contribution in [2.24, 2.45) is 0 Å². The van der Waals surface area contributed by atoms with Gasteiger partial charge in [-0.1, -0.05) is 13.0 Å². The minimum Gasteiger partial charge on any atom is -0.497 e. The summed E-state index contributed by atoms with van der Waals surface area (Å²) in [6, 6.07) is 7.43. The lowest BCUT2D eigenvalue weighted by Gasteiger charge is -2.26. The van der Waals surface area contributed by atoms with Crippen molar-refractivity contribution >= 4 is 11.6 Å². The van der Waals surface area contributed by atoms with Crippen LogP contribution >= 0.6 is 0 Å². The number of anilines is 1. The summed E-state index contributed by atoms with van der Waals surface area (Å²) in [6.45, 7) is 2.96. The Hall–Kier alpha value is -1.55. The van der Waals surface area contributed by atoms with Gasteiger partial charge in [-0.25, -0.2) is 0 Å². The van der Waals surface area contributed by atoms with E-state index < -0.39 is 5.54 Å². The molecule has 0 radical (unpaired) electrons. The summed E-state index contributed by atoms with van der Waals surface area (Å²) < 4.78 is 5.15. The SMILES string of the molecule is CCC1(C(=O)Nc2cccc(OC)c2)CCCN1. The summed E-state index contributed by atoms with van der Waals surface area (Å²) in [4.78, 5) is 12.4. The molecule has 1 fully saturated rings. The predicted octanol–water partition coefficient (Wildman–Crippen LogP) is 2.17. The topological polar surface area (TPSA) is 50.4 Å². The fraction of sp³-hybridized carbons (Fsp3) is 0.500. The molecule has 1 atom stereocenters. The first-order valence-electron chi connectivity index (χ1n) is 6.41. The maximum absolute atomic E-state index is 12.4. The second kappa shape index (κ2) is 5.40. The molecule has 1 unspecified atom stereocenters. The molecular weight excluding hydrogens is 228 g/mol. The van der Waals surface area contributed by atoms with Gasteiger partial charge in [-0.15, -0.1) is 0 Å². The number of methoxy groups -OCH3 is 1. The quantitative estimate of drug-likeness (QED) is 0.858. The minimum atomic E-state index is -0.400. The van der Waals surface area contributed by atoms with E-state index in [0.29, 0.717) is 0 Å². The average Bonchev–Trinajstić information content (AvgIpc) is 2.89. The Morgan fingerprint density at radius 1 is 1.56 bits per heavy atom. The third-order valence-electron chi connectivity index (χ3n) is 3.61. The molecule has 1 amide bonds. The van der Waals surface area contributed by atoms with Gasteiger partial charge in [-0.2, -0.15) is 0 Å². The molecular formula is C14H20N2O2. The molecule has 1 aromatic carbocycles. The first kappa shape index (κ1) is 12.9. The van der Waals surface area contributed by atoms with Crippen LogP contribution in [0.5, 0.6) is 5.75 Å². The Morgan fingerprint density at radius 3 is 3.00 bits per heavy atom. The number of nitrogens with one attached hydrogen (secondary N) is 2. The van der Waals surface area contributed by atoms with E-state index >= 15 is 0 Å². The summed E-state index contributed by atoms with van der Waals surface area (Å²) in [7, 11) is 1.62. The summed E-state index contributed by atoms with van der Waals surface area (Å²) in [5, 5.41) is 6.29. The van der Waals surface area contributed by atoms with Crippen molar-refractivity contribution < 1.29 is 9.53 Å². The summed E-state index contributed by atoms with van der Waals surface area (Å²) >= 11 is 0. The molecule has 0 aliphatic carbocycles. The second-order valence-electron chi connectivity index (χ2n) is 4.65. The Balaban J connectivity index is 2.10. The summed E-state index contributed by atoms with van der Waals surface area (Å²) in [6.07, 6.45) is 2.77. The zero-order valence-corrected chi connectivity index (χ0v) is 11.0. The van der Waals surface area contributed by atoms with Crippen molar-refractivity contribution in [3.8, 4) is 5.75 Å². The van der Waals surface area contributed by atoms with E-state index in [0.717, 1.165) is 37.2 Å². The van der Waals surface area contributed by atoms with Crippen molar-refractivity contribution in [2.75, 3.05) is 19.0 Å². The van der Waals surface area contributed by atoms with E-state index in [1.54, 1.807) is 7.11 Å². The smallest absolute Gasteiger partial charge is 0.244 e. The van der Waals surface area contributed by atoms with Gasteiger partial charge < -0.3 is 15.4 Å². The molecule has 1 aliphatic heterocycles. The summed E-state index contributed by atoms with van der Waals surface area (Å²) in [5.74, 6) is 0.800. The van der Waals surface area contributed by atoms with Gasteiger partial charge >= 0.3 is 0 Å². The third kappa shape index (κ3) is 2.48. The lowest BCUT2D eigenvalue weighted by molar-refractivity contribution is -0.122. The standard InChI is InChI=1S/C14H20N2O2/c1-3-14(8-5-9-15-14)13(17)16-11-6-4-7-12(10-11)18-2/h4,6-7,10,15H,3,5,8-9H2,1-2H3,(H,16,17). The van der Waals surface area contributed by atoms with Crippen LogP contribution in [0.15, 0.2) is 24.3 Å². The zero-order chi connectivity index (χ0) is 13.0. The van der Waals surface area contributed by atoms with Gasteiger partial charge in [-0.3, -0.25) is 4.79 Å². The van der Waals surface area contributed by atoms with Crippen LogP contribution in [0.25, 0.3) is 0 Å². The molecule has 1 aromatic rings. The van der Waals surface area contributed by atoms with Crippen LogP contribution in [0.2, 0.25) is 0 Å². The molecule has 18 heavy (non-hydrogen) atoms. The number of rotatable bonds is 4. The molecule has 2 rings (SSSR count). The van der Waals surface area contributed by atoms with Crippen LogP contribution in [-0.4, -0.2) is 25.1 Å². The van der Waals surface area contributed by atoms with Crippen LogP contribution in [-0.2, 0) is 4.79 Å². The fourth-order valence-electron chi connectivity index (χ4n) is 2.41. The van der Waals surface area contributed by atoms with E-state index in [1.165, 1.54) is 0 Å². The molecule has 0 bridgehead atoms. The van der Waals surface area contributed by atoms with E-state index in [2.05, 4.69) is 10.6 Å². The van der Waals surface area contributed by atoms with Crippen molar-refractivity contribution in [3.05, 3.63) is 24.3 Å². The molecule has 1 aliphatic rings. The van der Waals surface area contributed by atoms with E-state index in [-0.39, 0.29) is 5.91 Å². The molecule has 0 saturated carbocycles. The number of hydrogen-bond acceptors (Lipinski definition) is 3. The fourth-order valence-corrected chi connectivity index (χ4v) is 2.41. The molecule has 4 heteroatoms. The normalized spacial score (nSPS) is 22.8. The first-order chi connectivity index (χ1) is 8.70. The third-order valence-corrected chi connectivity index (χ3v) is 3.61. The minimum absolute atomic E-state index is 0.0516. The van der Waals surface area contributed by atoms with Crippen molar-refractivity contribution in [1.29, 1.82) is 0 Å². The largest absolute Gasteiger partial charge is 0.497 e. The van der Waals surface area contributed by atoms with E-state index in [1.807, 2.05) is 31.2 Å². The predicted molar refractivity (Wildman–Crippen MR) is 71.9 cm³/mol. The number of carbonyl (C=O) groups excluding carboxylic acids is 1. The molecule has 1 heterocycles. The van der Waals surface area contributed by atoms with Crippen molar-refractivity contribution in [3.63, 3.8) is 0 Å². The summed E-state index contributed by atoms with van der Waals surface area (Å²) in [5.41, 5.74) is 0.379. The molecule has 0 aromatic heterocycles. The number of carbonyl (C=O) groups is 1. The Labute approximate surface area is 108 Å². The van der Waals surface area contributed by atoms with Gasteiger partial charge in [0.15, 0.2) is 0 Å². The van der Waals surface area contributed by atoms with E-state index in [9.17, 15) is 4.79 Å². The highest BCUT2D eigenvalue weighted by Gasteiger charge is 2.38. The van der Waals surface area contributed by atoms with Crippen LogP contribution in [0.4, 0.5) is 5.69 Å². The van der Waals surface area contributed by atoms with Crippen LogP contribution < -0.4 is 15.4 Å². The van der Waals surface area contributed by atoms with Gasteiger partial charge in [0.1, 0.15) is 5.75 Å². The highest BCUT2D eigenvalue weighted by molar-refractivity contribution is 5.98. The van der Waals surface area contributed by atoms with Crippen LogP contribution in [0, 0.1) is 0 Å². The number of ether oxygens (including phenoxy) is 1. The lowest BCUT2D eigenvalue weighted by Crippen LogP contribution is -2.50. The van der Waals surface area contributed by atoms with Gasteiger partial charge in [0.25, 0.3) is 0 Å². The molecule has 0 spiro atoms. The van der Waals surface area contributed by atoms with Gasteiger partial charge in [0.05, 0.1) is 12.6 Å². The number of hydrogen-bond donors (Lipinski definition) is 2. The highest BCUT2D eigenvalue weighted by Crippen LogP contribution is 2.25. The van der Waals surface area contributed by atoms with Gasteiger partial charge in [0.2, 0.25) is 5.91 Å².